The maximum absolute atomic E-state index is 11.6. The highest BCUT2D eigenvalue weighted by Gasteiger charge is 2.37. The first-order chi connectivity index (χ1) is 19.7. The van der Waals surface area contributed by atoms with Crippen LogP contribution < -0.4 is 15.4 Å². The van der Waals surface area contributed by atoms with E-state index in [2.05, 4.69) is 10.1 Å². The van der Waals surface area contributed by atoms with Crippen LogP contribution in [-0.4, -0.2) is 34.2 Å². The van der Waals surface area contributed by atoms with Gasteiger partial charge in [0.25, 0.3) is 0 Å². The van der Waals surface area contributed by atoms with Crippen molar-refractivity contribution in [3.8, 4) is 17.0 Å². The van der Waals surface area contributed by atoms with Crippen molar-refractivity contribution in [2.75, 3.05) is 18.0 Å². The Bertz CT molecular complexity index is 1590. The number of piperidine rings is 1. The van der Waals surface area contributed by atoms with Crippen molar-refractivity contribution in [2.45, 2.75) is 50.7 Å². The molecule has 0 unspecified atom stereocenters. The Hall–Kier alpha value is -3.59. The van der Waals surface area contributed by atoms with Crippen LogP contribution in [0.1, 0.15) is 64.4 Å². The molecule has 212 valence electrons. The van der Waals surface area contributed by atoms with Gasteiger partial charge in [0, 0.05) is 41.9 Å². The normalized spacial score (nSPS) is 16.5. The van der Waals surface area contributed by atoms with Crippen LogP contribution in [-0.2, 0) is 12.2 Å². The minimum atomic E-state index is -1.10. The maximum Gasteiger partial charge on any atom is 0.248 e. The number of nitrogens with zero attached hydrogens (tertiary/aromatic N) is 3. The SMILES string of the molecule is Cc1cccc(Cl)c1-c1noc(C2CC2)c1COc1ccc(C2(O)CCN(c3cc(C(N)=O)ccn3)CC2)c(Cl)c1. The molecule has 2 aromatic heterocycles. The van der Waals surface area contributed by atoms with Crippen molar-refractivity contribution in [2.24, 2.45) is 5.73 Å². The van der Waals surface area contributed by atoms with E-state index in [0.29, 0.717) is 70.3 Å². The van der Waals surface area contributed by atoms with Crippen molar-refractivity contribution in [3.63, 3.8) is 0 Å². The molecule has 2 aromatic carbocycles. The lowest BCUT2D eigenvalue weighted by Crippen LogP contribution is -2.43. The standard InChI is InChI=1S/C31H30Cl2N4O4/c1-18-3-2-4-24(32)27(18)28-22(29(41-36-28)19-5-6-19)17-40-21-7-8-23(25(33)16-21)31(39)10-13-37(14-11-31)26-15-20(30(34)38)9-12-35-26/h2-4,7-9,12,15-16,19,39H,5-6,10-11,13-14,17H2,1H3,(H2,34,38). The van der Waals surface area contributed by atoms with Gasteiger partial charge in [0.15, 0.2) is 0 Å². The Morgan fingerprint density at radius 2 is 1.93 bits per heavy atom. The van der Waals surface area contributed by atoms with Crippen molar-refractivity contribution in [1.29, 1.82) is 0 Å². The third kappa shape index (κ3) is 5.52. The number of ether oxygens (including phenoxy) is 1. The van der Waals surface area contributed by atoms with Crippen LogP contribution in [0.2, 0.25) is 10.0 Å². The summed E-state index contributed by atoms with van der Waals surface area (Å²) in [6.45, 7) is 3.34. The highest BCUT2D eigenvalue weighted by atomic mass is 35.5. The summed E-state index contributed by atoms with van der Waals surface area (Å²) < 4.78 is 12.0. The molecular formula is C31H30Cl2N4O4. The van der Waals surface area contributed by atoms with Gasteiger partial charge in [-0.15, -0.1) is 0 Å². The Balaban J connectivity index is 1.17. The van der Waals surface area contributed by atoms with E-state index in [-0.39, 0.29) is 6.61 Å². The van der Waals surface area contributed by atoms with Gasteiger partial charge in [0.1, 0.15) is 29.6 Å². The van der Waals surface area contributed by atoms with E-state index in [1.165, 1.54) is 0 Å². The van der Waals surface area contributed by atoms with Crippen molar-refractivity contribution in [3.05, 3.63) is 92.8 Å². The predicted molar refractivity (Wildman–Crippen MR) is 158 cm³/mol. The second-order valence-corrected chi connectivity index (χ2v) is 11.6. The summed E-state index contributed by atoms with van der Waals surface area (Å²) in [6.07, 6.45) is 4.58. The second kappa shape index (κ2) is 11.0. The van der Waals surface area contributed by atoms with Gasteiger partial charge in [-0.2, -0.15) is 0 Å². The van der Waals surface area contributed by atoms with Crippen LogP contribution in [0.25, 0.3) is 11.3 Å². The Kier molecular flexibility index (Phi) is 7.40. The summed E-state index contributed by atoms with van der Waals surface area (Å²) in [5, 5.41) is 17.0. The van der Waals surface area contributed by atoms with Crippen molar-refractivity contribution < 1.29 is 19.2 Å². The molecule has 2 fully saturated rings. The van der Waals surface area contributed by atoms with Crippen molar-refractivity contribution >= 4 is 34.9 Å². The van der Waals surface area contributed by atoms with E-state index in [4.69, 9.17) is 38.2 Å². The van der Waals surface area contributed by atoms with E-state index < -0.39 is 11.5 Å². The molecule has 3 heterocycles. The van der Waals surface area contributed by atoms with Gasteiger partial charge in [0.05, 0.1) is 21.2 Å². The lowest BCUT2D eigenvalue weighted by molar-refractivity contribution is 0.0117. The first-order valence-corrected chi connectivity index (χ1v) is 14.4. The highest BCUT2D eigenvalue weighted by molar-refractivity contribution is 6.33. The lowest BCUT2D eigenvalue weighted by Gasteiger charge is -2.39. The van der Waals surface area contributed by atoms with Gasteiger partial charge in [-0.25, -0.2) is 4.98 Å². The van der Waals surface area contributed by atoms with Crippen LogP contribution >= 0.6 is 23.2 Å². The zero-order chi connectivity index (χ0) is 28.7. The zero-order valence-corrected chi connectivity index (χ0v) is 24.1. The van der Waals surface area contributed by atoms with E-state index in [1.54, 1.807) is 24.4 Å². The number of pyridine rings is 1. The molecule has 1 saturated carbocycles. The number of carbonyl (C=O) groups excluding carboxylic acids is 1. The van der Waals surface area contributed by atoms with Gasteiger partial charge in [-0.1, -0.05) is 46.6 Å². The third-order valence-corrected chi connectivity index (χ3v) is 8.62. The molecule has 2 aliphatic rings. The first-order valence-electron chi connectivity index (χ1n) is 13.6. The number of benzene rings is 2. The fraction of sp³-hybridized carbons (Fsp3) is 0.323. The average molecular weight is 594 g/mol. The van der Waals surface area contributed by atoms with Crippen LogP contribution in [0.5, 0.6) is 5.75 Å². The number of hydrogen-bond donors (Lipinski definition) is 2. The Morgan fingerprint density at radius 3 is 2.61 bits per heavy atom. The number of carbonyl (C=O) groups is 1. The predicted octanol–water partition coefficient (Wildman–Crippen LogP) is 6.40. The molecule has 0 bridgehead atoms. The van der Waals surface area contributed by atoms with Crippen LogP contribution in [0.15, 0.2) is 59.3 Å². The third-order valence-electron chi connectivity index (χ3n) is 8.00. The molecule has 0 radical (unpaired) electrons. The monoisotopic (exact) mass is 592 g/mol. The highest BCUT2D eigenvalue weighted by Crippen LogP contribution is 2.46. The number of amides is 1. The fourth-order valence-corrected chi connectivity index (χ4v) is 6.15. The molecule has 1 amide bonds. The van der Waals surface area contributed by atoms with Gasteiger partial charge in [-0.05, 0) is 68.5 Å². The Labute approximate surface area is 248 Å². The van der Waals surface area contributed by atoms with Gasteiger partial charge < -0.3 is 25.0 Å². The molecule has 41 heavy (non-hydrogen) atoms. The molecule has 10 heteroatoms. The molecular weight excluding hydrogens is 563 g/mol. The number of hydrogen-bond acceptors (Lipinski definition) is 7. The summed E-state index contributed by atoms with van der Waals surface area (Å²) in [5.41, 5.74) is 8.83. The Morgan fingerprint density at radius 1 is 1.15 bits per heavy atom. The number of nitrogens with two attached hydrogens (primary N) is 1. The lowest BCUT2D eigenvalue weighted by atomic mass is 9.84. The van der Waals surface area contributed by atoms with Gasteiger partial charge in [0.2, 0.25) is 5.91 Å². The largest absolute Gasteiger partial charge is 0.489 e. The van der Waals surface area contributed by atoms with Crippen molar-refractivity contribution in [1.82, 2.24) is 10.1 Å². The average Bonchev–Trinajstić information content (AvgIpc) is 3.72. The molecule has 0 atom stereocenters. The van der Waals surface area contributed by atoms with Crippen LogP contribution in [0.4, 0.5) is 5.82 Å². The van der Waals surface area contributed by atoms with E-state index in [1.807, 2.05) is 42.2 Å². The van der Waals surface area contributed by atoms with E-state index >= 15 is 0 Å². The van der Waals surface area contributed by atoms with Gasteiger partial charge >= 0.3 is 0 Å². The molecule has 1 saturated heterocycles. The zero-order valence-electron chi connectivity index (χ0n) is 22.6. The minimum Gasteiger partial charge on any atom is -0.489 e. The van der Waals surface area contributed by atoms with Crippen LogP contribution in [0.3, 0.4) is 0 Å². The summed E-state index contributed by atoms with van der Waals surface area (Å²) in [7, 11) is 0. The van der Waals surface area contributed by atoms with E-state index in [9.17, 15) is 9.90 Å². The number of rotatable bonds is 8. The summed E-state index contributed by atoms with van der Waals surface area (Å²) in [4.78, 5) is 18.0. The minimum absolute atomic E-state index is 0.252. The number of aryl methyl sites for hydroxylation is 1. The smallest absolute Gasteiger partial charge is 0.248 e. The number of anilines is 1. The molecule has 3 N–H and O–H groups in total. The van der Waals surface area contributed by atoms with Gasteiger partial charge in [-0.3, -0.25) is 4.79 Å². The number of aliphatic hydroxyl groups is 1. The summed E-state index contributed by atoms with van der Waals surface area (Å²) >= 11 is 13.3. The van der Waals surface area contributed by atoms with E-state index in [0.717, 1.165) is 35.3 Å². The molecule has 4 aromatic rings. The summed E-state index contributed by atoms with van der Waals surface area (Å²) in [6, 6.07) is 14.4. The number of primary amides is 1. The molecule has 1 aliphatic heterocycles. The second-order valence-electron chi connectivity index (χ2n) is 10.8. The molecule has 8 nitrogen and oxygen atoms in total. The maximum atomic E-state index is 11.6. The fourth-order valence-electron chi connectivity index (χ4n) is 5.49. The number of aromatic nitrogens is 2. The molecule has 6 rings (SSSR count). The molecule has 1 aliphatic carbocycles. The summed E-state index contributed by atoms with van der Waals surface area (Å²) in [5.74, 6) is 1.93. The quantitative estimate of drug-likeness (QED) is 0.243. The van der Waals surface area contributed by atoms with Crippen LogP contribution in [0, 0.1) is 6.92 Å². The topological polar surface area (TPSA) is 115 Å². The first kappa shape index (κ1) is 27.6. The number of halogens is 2. The molecule has 0 spiro atoms.